The first kappa shape index (κ1) is 12.8. The van der Waals surface area contributed by atoms with Crippen molar-refractivity contribution in [1.29, 1.82) is 0 Å². The van der Waals surface area contributed by atoms with Gasteiger partial charge in [0.15, 0.2) is 5.82 Å². The van der Waals surface area contributed by atoms with E-state index in [1.165, 1.54) is 10.6 Å². The standard InChI is InChI=1S/C14H10BrN3O2/c15-11-6-2-1-5-10(11)14-16-12(17-20-14)9-18-8-4-3-7-13(18)19/h1-8H,9H2. The molecular formula is C14H10BrN3O2. The van der Waals surface area contributed by atoms with Crippen LogP contribution >= 0.6 is 15.9 Å². The molecule has 2 heterocycles. The summed E-state index contributed by atoms with van der Waals surface area (Å²) in [4.78, 5) is 15.9. The van der Waals surface area contributed by atoms with Gasteiger partial charge in [0.1, 0.15) is 0 Å². The molecule has 0 saturated heterocycles. The number of benzene rings is 1. The highest BCUT2D eigenvalue weighted by atomic mass is 79.9. The molecule has 0 fully saturated rings. The third-order valence-corrected chi connectivity index (χ3v) is 3.47. The summed E-state index contributed by atoms with van der Waals surface area (Å²) in [6, 6.07) is 12.6. The Morgan fingerprint density at radius 1 is 1.15 bits per heavy atom. The van der Waals surface area contributed by atoms with Crippen molar-refractivity contribution in [1.82, 2.24) is 14.7 Å². The highest BCUT2D eigenvalue weighted by Gasteiger charge is 2.11. The number of nitrogens with zero attached hydrogens (tertiary/aromatic N) is 3. The maximum atomic E-state index is 11.6. The van der Waals surface area contributed by atoms with Crippen LogP contribution in [0.15, 0.2) is 62.5 Å². The van der Waals surface area contributed by atoms with Crippen LogP contribution in [-0.2, 0) is 6.54 Å². The zero-order valence-corrected chi connectivity index (χ0v) is 11.9. The van der Waals surface area contributed by atoms with E-state index < -0.39 is 0 Å². The van der Waals surface area contributed by atoms with Gasteiger partial charge in [0.25, 0.3) is 11.4 Å². The van der Waals surface area contributed by atoms with Gasteiger partial charge in [-0.1, -0.05) is 23.4 Å². The predicted molar refractivity (Wildman–Crippen MR) is 77.2 cm³/mol. The Balaban J connectivity index is 1.90. The molecule has 0 aliphatic carbocycles. The van der Waals surface area contributed by atoms with E-state index >= 15 is 0 Å². The van der Waals surface area contributed by atoms with Gasteiger partial charge in [0.05, 0.1) is 12.1 Å². The molecule has 3 aromatic rings. The van der Waals surface area contributed by atoms with E-state index in [0.29, 0.717) is 11.7 Å². The fraction of sp³-hybridized carbons (Fsp3) is 0.0714. The minimum absolute atomic E-state index is 0.0975. The fourth-order valence-corrected chi connectivity index (χ4v) is 2.26. The molecule has 2 aromatic heterocycles. The van der Waals surface area contributed by atoms with Crippen molar-refractivity contribution < 1.29 is 4.52 Å². The zero-order chi connectivity index (χ0) is 13.9. The summed E-state index contributed by atoms with van der Waals surface area (Å²) < 4.78 is 7.64. The zero-order valence-electron chi connectivity index (χ0n) is 10.4. The number of halogens is 1. The molecule has 0 atom stereocenters. The average Bonchev–Trinajstić information content (AvgIpc) is 2.90. The molecule has 0 aliphatic heterocycles. The number of aromatic nitrogens is 3. The molecule has 0 unspecified atom stereocenters. The third kappa shape index (κ3) is 2.55. The summed E-state index contributed by atoms with van der Waals surface area (Å²) in [7, 11) is 0. The highest BCUT2D eigenvalue weighted by Crippen LogP contribution is 2.26. The lowest BCUT2D eigenvalue weighted by Gasteiger charge is -1.99. The summed E-state index contributed by atoms with van der Waals surface area (Å²) in [5.41, 5.74) is 0.728. The minimum Gasteiger partial charge on any atom is -0.334 e. The van der Waals surface area contributed by atoms with Crippen molar-refractivity contribution in [2.45, 2.75) is 6.54 Å². The Kier molecular flexibility index (Phi) is 3.47. The third-order valence-electron chi connectivity index (χ3n) is 2.78. The second kappa shape index (κ2) is 5.42. The first-order valence-corrected chi connectivity index (χ1v) is 6.76. The van der Waals surface area contributed by atoms with E-state index in [1.807, 2.05) is 24.3 Å². The molecule has 20 heavy (non-hydrogen) atoms. The van der Waals surface area contributed by atoms with E-state index in [0.717, 1.165) is 10.0 Å². The lowest BCUT2D eigenvalue weighted by atomic mass is 10.2. The predicted octanol–water partition coefficient (Wildman–Crippen LogP) is 2.71. The van der Waals surface area contributed by atoms with Gasteiger partial charge in [-0.25, -0.2) is 0 Å². The Labute approximate surface area is 123 Å². The summed E-state index contributed by atoms with van der Waals surface area (Å²) in [6.07, 6.45) is 1.69. The van der Waals surface area contributed by atoms with Crippen molar-refractivity contribution in [2.24, 2.45) is 0 Å². The average molecular weight is 332 g/mol. The van der Waals surface area contributed by atoms with Crippen molar-refractivity contribution in [3.63, 3.8) is 0 Å². The number of pyridine rings is 1. The first-order chi connectivity index (χ1) is 9.74. The summed E-state index contributed by atoms with van der Waals surface area (Å²) >= 11 is 3.44. The van der Waals surface area contributed by atoms with E-state index in [1.54, 1.807) is 18.3 Å². The molecule has 0 saturated carbocycles. The molecule has 100 valence electrons. The molecule has 0 aliphatic rings. The van der Waals surface area contributed by atoms with Crippen molar-refractivity contribution >= 4 is 15.9 Å². The Morgan fingerprint density at radius 2 is 1.95 bits per heavy atom. The summed E-state index contributed by atoms with van der Waals surface area (Å²) in [6.45, 7) is 0.285. The summed E-state index contributed by atoms with van der Waals surface area (Å²) in [5.74, 6) is 0.889. The minimum atomic E-state index is -0.0975. The Hall–Kier alpha value is -2.21. The molecule has 0 radical (unpaired) electrons. The lowest BCUT2D eigenvalue weighted by Crippen LogP contribution is -2.18. The largest absolute Gasteiger partial charge is 0.334 e. The van der Waals surface area contributed by atoms with Gasteiger partial charge in [-0.15, -0.1) is 0 Å². The first-order valence-electron chi connectivity index (χ1n) is 5.97. The van der Waals surface area contributed by atoms with Crippen LogP contribution in [0.25, 0.3) is 11.5 Å². The number of hydrogen-bond acceptors (Lipinski definition) is 4. The lowest BCUT2D eigenvalue weighted by molar-refractivity contribution is 0.420. The van der Waals surface area contributed by atoms with Gasteiger partial charge in [-0.3, -0.25) is 4.79 Å². The highest BCUT2D eigenvalue weighted by molar-refractivity contribution is 9.10. The van der Waals surface area contributed by atoms with Crippen LogP contribution in [0, 0.1) is 0 Å². The van der Waals surface area contributed by atoms with Gasteiger partial charge in [0, 0.05) is 16.7 Å². The number of rotatable bonds is 3. The quantitative estimate of drug-likeness (QED) is 0.740. The normalized spacial score (nSPS) is 10.7. The molecule has 1 aromatic carbocycles. The molecular weight excluding hydrogens is 322 g/mol. The number of hydrogen-bond donors (Lipinski definition) is 0. The van der Waals surface area contributed by atoms with Crippen molar-refractivity contribution in [3.8, 4) is 11.5 Å². The van der Waals surface area contributed by atoms with Crippen molar-refractivity contribution in [2.75, 3.05) is 0 Å². The molecule has 5 nitrogen and oxygen atoms in total. The van der Waals surface area contributed by atoms with E-state index in [4.69, 9.17) is 4.52 Å². The van der Waals surface area contributed by atoms with Crippen molar-refractivity contribution in [3.05, 3.63) is 69.3 Å². The van der Waals surface area contributed by atoms with Gasteiger partial charge < -0.3 is 9.09 Å². The Morgan fingerprint density at radius 3 is 2.75 bits per heavy atom. The molecule has 0 spiro atoms. The molecule has 6 heteroatoms. The molecule has 0 amide bonds. The monoisotopic (exact) mass is 331 g/mol. The van der Waals surface area contributed by atoms with E-state index in [9.17, 15) is 4.79 Å². The fourth-order valence-electron chi connectivity index (χ4n) is 1.81. The van der Waals surface area contributed by atoms with E-state index in [-0.39, 0.29) is 12.1 Å². The molecule has 3 rings (SSSR count). The molecule has 0 N–H and O–H groups in total. The van der Waals surface area contributed by atoms with Gasteiger partial charge in [0.2, 0.25) is 0 Å². The van der Waals surface area contributed by atoms with Crippen LogP contribution in [0.5, 0.6) is 0 Å². The maximum Gasteiger partial charge on any atom is 0.259 e. The van der Waals surface area contributed by atoms with Gasteiger partial charge >= 0.3 is 0 Å². The van der Waals surface area contributed by atoms with Crippen LogP contribution in [0.4, 0.5) is 0 Å². The maximum absolute atomic E-state index is 11.6. The van der Waals surface area contributed by atoms with Crippen LogP contribution < -0.4 is 5.56 Å². The smallest absolute Gasteiger partial charge is 0.259 e. The summed E-state index contributed by atoms with van der Waals surface area (Å²) in [5, 5.41) is 3.90. The van der Waals surface area contributed by atoms with Gasteiger partial charge in [-0.05, 0) is 34.1 Å². The molecule has 0 bridgehead atoms. The van der Waals surface area contributed by atoms with Crippen LogP contribution in [0.2, 0.25) is 0 Å². The van der Waals surface area contributed by atoms with Crippen LogP contribution in [-0.4, -0.2) is 14.7 Å². The van der Waals surface area contributed by atoms with Crippen LogP contribution in [0.1, 0.15) is 5.82 Å². The van der Waals surface area contributed by atoms with E-state index in [2.05, 4.69) is 26.1 Å². The van der Waals surface area contributed by atoms with Crippen LogP contribution in [0.3, 0.4) is 0 Å². The topological polar surface area (TPSA) is 60.9 Å². The second-order valence-electron chi connectivity index (χ2n) is 4.16. The second-order valence-corrected chi connectivity index (χ2v) is 5.02. The SMILES string of the molecule is O=c1ccccn1Cc1noc(-c2ccccc2Br)n1. The Bertz CT molecular complexity index is 795. The van der Waals surface area contributed by atoms with Gasteiger partial charge in [-0.2, -0.15) is 4.98 Å².